The Labute approximate surface area is 139 Å². The number of hydrogen-bond donors (Lipinski definition) is 2. The van der Waals surface area contributed by atoms with Gasteiger partial charge in [0.15, 0.2) is 0 Å². The summed E-state index contributed by atoms with van der Waals surface area (Å²) in [7, 11) is 0. The molecule has 3 rings (SSSR count). The molecule has 0 aliphatic carbocycles. The fourth-order valence-electron chi connectivity index (χ4n) is 2.37. The first-order valence-electron chi connectivity index (χ1n) is 7.59. The van der Waals surface area contributed by atoms with Crippen molar-refractivity contribution in [3.8, 4) is 6.07 Å². The fraction of sp³-hybridized carbons (Fsp3) is 0.167. The van der Waals surface area contributed by atoms with Crippen molar-refractivity contribution < 1.29 is 9.53 Å². The van der Waals surface area contributed by atoms with Crippen molar-refractivity contribution in [3.63, 3.8) is 0 Å². The summed E-state index contributed by atoms with van der Waals surface area (Å²) >= 11 is 0. The van der Waals surface area contributed by atoms with Crippen molar-refractivity contribution in [2.45, 2.75) is 13.5 Å². The zero-order valence-electron chi connectivity index (χ0n) is 13.2. The van der Waals surface area contributed by atoms with Gasteiger partial charge < -0.3 is 15.0 Å². The van der Waals surface area contributed by atoms with Gasteiger partial charge in [0.05, 0.1) is 34.8 Å². The Balaban J connectivity index is 1.75. The Bertz CT molecular complexity index is 924. The fourth-order valence-corrected chi connectivity index (χ4v) is 2.37. The predicted octanol–water partition coefficient (Wildman–Crippen LogP) is 3.22. The largest absolute Gasteiger partial charge is 0.462 e. The second-order valence-corrected chi connectivity index (χ2v) is 5.20. The molecule has 0 amide bonds. The molecule has 24 heavy (non-hydrogen) atoms. The first kappa shape index (κ1) is 15.6. The van der Waals surface area contributed by atoms with Crippen molar-refractivity contribution >= 4 is 23.0 Å². The minimum Gasteiger partial charge on any atom is -0.462 e. The highest BCUT2D eigenvalue weighted by atomic mass is 16.5. The number of imidazole rings is 1. The third-order valence-corrected chi connectivity index (χ3v) is 3.51. The Morgan fingerprint density at radius 2 is 2.21 bits per heavy atom. The molecule has 3 aromatic rings. The van der Waals surface area contributed by atoms with Gasteiger partial charge in [-0.25, -0.2) is 9.78 Å². The second kappa shape index (κ2) is 6.84. The molecule has 120 valence electrons. The summed E-state index contributed by atoms with van der Waals surface area (Å²) in [5.74, 6) is 0.255. The topological polar surface area (TPSA) is 90.8 Å². The first-order chi connectivity index (χ1) is 11.7. The summed E-state index contributed by atoms with van der Waals surface area (Å²) in [6, 6.07) is 14.7. The van der Waals surface area contributed by atoms with Crippen molar-refractivity contribution in [3.05, 3.63) is 59.2 Å². The summed E-state index contributed by atoms with van der Waals surface area (Å²) < 4.78 is 5.00. The van der Waals surface area contributed by atoms with E-state index in [1.54, 1.807) is 31.2 Å². The van der Waals surface area contributed by atoms with E-state index in [0.29, 0.717) is 30.2 Å². The van der Waals surface area contributed by atoms with Crippen LogP contribution in [0, 0.1) is 11.3 Å². The van der Waals surface area contributed by atoms with Gasteiger partial charge in [0.2, 0.25) is 5.95 Å². The predicted molar refractivity (Wildman–Crippen MR) is 90.5 cm³/mol. The van der Waals surface area contributed by atoms with E-state index in [2.05, 4.69) is 21.4 Å². The van der Waals surface area contributed by atoms with Crippen LogP contribution in [0.5, 0.6) is 0 Å². The maximum Gasteiger partial charge on any atom is 0.338 e. The molecule has 6 heteroatoms. The van der Waals surface area contributed by atoms with E-state index in [9.17, 15) is 4.79 Å². The highest BCUT2D eigenvalue weighted by Gasteiger charge is 2.09. The second-order valence-electron chi connectivity index (χ2n) is 5.20. The molecule has 0 aliphatic heterocycles. The molecular formula is C18H16N4O2. The van der Waals surface area contributed by atoms with E-state index in [-0.39, 0.29) is 5.97 Å². The number of esters is 1. The van der Waals surface area contributed by atoms with Crippen LogP contribution in [0.25, 0.3) is 11.0 Å². The molecule has 0 radical (unpaired) electrons. The minimum absolute atomic E-state index is 0.342. The van der Waals surface area contributed by atoms with Gasteiger partial charge in [-0.1, -0.05) is 12.1 Å². The third-order valence-electron chi connectivity index (χ3n) is 3.51. The highest BCUT2D eigenvalue weighted by molar-refractivity contribution is 5.94. The van der Waals surface area contributed by atoms with Gasteiger partial charge in [-0.15, -0.1) is 0 Å². The number of nitrogens with zero attached hydrogens (tertiary/aromatic N) is 2. The third kappa shape index (κ3) is 3.36. The molecule has 1 aromatic heterocycles. The molecule has 0 spiro atoms. The lowest BCUT2D eigenvalue weighted by Gasteiger charge is -2.03. The number of benzene rings is 2. The van der Waals surface area contributed by atoms with Crippen LogP contribution in [0.2, 0.25) is 0 Å². The highest BCUT2D eigenvalue weighted by Crippen LogP contribution is 2.17. The number of carbonyl (C=O) groups is 1. The molecule has 0 atom stereocenters. The van der Waals surface area contributed by atoms with Gasteiger partial charge in [-0.05, 0) is 42.8 Å². The van der Waals surface area contributed by atoms with E-state index in [1.165, 1.54) is 0 Å². The summed E-state index contributed by atoms with van der Waals surface area (Å²) in [6.07, 6.45) is 0. The van der Waals surface area contributed by atoms with Gasteiger partial charge in [-0.2, -0.15) is 5.26 Å². The molecule has 1 heterocycles. The number of rotatable bonds is 5. The van der Waals surface area contributed by atoms with Crippen LogP contribution < -0.4 is 5.32 Å². The van der Waals surface area contributed by atoms with Crippen LogP contribution in [-0.4, -0.2) is 22.5 Å². The zero-order chi connectivity index (χ0) is 16.9. The Morgan fingerprint density at radius 1 is 1.33 bits per heavy atom. The molecule has 6 nitrogen and oxygen atoms in total. The minimum atomic E-state index is -0.350. The first-order valence-corrected chi connectivity index (χ1v) is 7.59. The van der Waals surface area contributed by atoms with Gasteiger partial charge in [-0.3, -0.25) is 0 Å². The van der Waals surface area contributed by atoms with Gasteiger partial charge >= 0.3 is 5.97 Å². The number of nitrogens with one attached hydrogen (secondary N) is 2. The SMILES string of the molecule is CCOC(=O)c1ccc2nc(NCc3cccc(C#N)c3)[nH]c2c1. The molecule has 0 aliphatic rings. The van der Waals surface area contributed by atoms with Crippen molar-refractivity contribution in [2.24, 2.45) is 0 Å². The van der Waals surface area contributed by atoms with Crippen LogP contribution in [0.4, 0.5) is 5.95 Å². The van der Waals surface area contributed by atoms with Crippen LogP contribution in [0.3, 0.4) is 0 Å². The van der Waals surface area contributed by atoms with E-state index >= 15 is 0 Å². The monoisotopic (exact) mass is 320 g/mol. The number of ether oxygens (including phenoxy) is 1. The Kier molecular flexibility index (Phi) is 4.43. The van der Waals surface area contributed by atoms with E-state index in [4.69, 9.17) is 10.00 Å². The average molecular weight is 320 g/mol. The van der Waals surface area contributed by atoms with Crippen LogP contribution >= 0.6 is 0 Å². The maximum atomic E-state index is 11.8. The van der Waals surface area contributed by atoms with E-state index < -0.39 is 0 Å². The number of aromatic nitrogens is 2. The summed E-state index contributed by atoms with van der Waals surface area (Å²) in [6.45, 7) is 2.66. The molecule has 0 saturated carbocycles. The zero-order valence-corrected chi connectivity index (χ0v) is 13.2. The van der Waals surface area contributed by atoms with Gasteiger partial charge in [0, 0.05) is 6.54 Å². The van der Waals surface area contributed by atoms with Crippen LogP contribution in [0.15, 0.2) is 42.5 Å². The van der Waals surface area contributed by atoms with Crippen molar-refractivity contribution in [1.82, 2.24) is 9.97 Å². The number of carbonyl (C=O) groups excluding carboxylic acids is 1. The number of anilines is 1. The normalized spacial score (nSPS) is 10.3. The average Bonchev–Trinajstić information content (AvgIpc) is 3.02. The molecular weight excluding hydrogens is 304 g/mol. The lowest BCUT2D eigenvalue weighted by molar-refractivity contribution is 0.0526. The molecule has 0 saturated heterocycles. The molecule has 2 N–H and O–H groups in total. The maximum absolute atomic E-state index is 11.8. The smallest absolute Gasteiger partial charge is 0.338 e. The van der Waals surface area contributed by atoms with Crippen LogP contribution in [0.1, 0.15) is 28.4 Å². The molecule has 2 aromatic carbocycles. The number of H-pyrrole nitrogens is 1. The standard InChI is InChI=1S/C18H16N4O2/c1-2-24-17(23)14-6-7-15-16(9-14)22-18(21-15)20-11-13-5-3-4-12(8-13)10-19/h3-9H,2,11H2,1H3,(H2,20,21,22). The number of hydrogen-bond acceptors (Lipinski definition) is 5. The van der Waals surface area contributed by atoms with Gasteiger partial charge in [0.25, 0.3) is 0 Å². The molecule has 0 bridgehead atoms. The Hall–Kier alpha value is -3.33. The lowest BCUT2D eigenvalue weighted by Crippen LogP contribution is -2.04. The Morgan fingerprint density at radius 3 is 3.00 bits per heavy atom. The summed E-state index contributed by atoms with van der Waals surface area (Å²) in [5.41, 5.74) is 3.62. The number of fused-ring (bicyclic) bond motifs is 1. The van der Waals surface area contributed by atoms with Gasteiger partial charge in [0.1, 0.15) is 0 Å². The lowest BCUT2D eigenvalue weighted by atomic mass is 10.1. The van der Waals surface area contributed by atoms with Crippen molar-refractivity contribution in [1.29, 1.82) is 5.26 Å². The molecule has 0 unspecified atom stereocenters. The summed E-state index contributed by atoms with van der Waals surface area (Å²) in [5, 5.41) is 12.1. The van der Waals surface area contributed by atoms with E-state index in [1.807, 2.05) is 18.2 Å². The van der Waals surface area contributed by atoms with Crippen LogP contribution in [-0.2, 0) is 11.3 Å². The number of aromatic amines is 1. The summed E-state index contributed by atoms with van der Waals surface area (Å²) in [4.78, 5) is 19.3. The number of nitriles is 1. The van der Waals surface area contributed by atoms with E-state index in [0.717, 1.165) is 16.6 Å². The molecule has 0 fully saturated rings. The quantitative estimate of drug-likeness (QED) is 0.704. The van der Waals surface area contributed by atoms with Crippen molar-refractivity contribution in [2.75, 3.05) is 11.9 Å².